The number of hydrogen-bond donors (Lipinski definition) is 5. The van der Waals surface area contributed by atoms with Crippen molar-refractivity contribution in [3.63, 3.8) is 0 Å². The van der Waals surface area contributed by atoms with Gasteiger partial charge >= 0.3 is 0 Å². The van der Waals surface area contributed by atoms with Crippen LogP contribution in [-0.4, -0.2) is 43.2 Å². The third kappa shape index (κ3) is 3.44. The molecule has 5 N–H and O–H groups in total. The number of aliphatic hydroxyl groups is 5. The van der Waals surface area contributed by atoms with Gasteiger partial charge in [0.25, 0.3) is 0 Å². The molecule has 4 saturated carbocycles. The Bertz CT molecular complexity index is 690. The molecule has 0 aromatic heterocycles. The molecule has 0 aromatic rings. The Morgan fingerprint density at radius 1 is 0.844 bits per heavy atom. The molecule has 4 aliphatic rings. The molecule has 9 atom stereocenters. The van der Waals surface area contributed by atoms with E-state index < -0.39 is 34.9 Å². The van der Waals surface area contributed by atoms with E-state index in [1.165, 1.54) is 12.8 Å². The van der Waals surface area contributed by atoms with Crippen molar-refractivity contribution in [2.24, 2.45) is 52.3 Å². The van der Waals surface area contributed by atoms with Gasteiger partial charge in [-0.1, -0.05) is 66.7 Å². The maximum Gasteiger partial charge on any atom is 0.222 e. The Hall–Kier alpha value is -0.200. The molecule has 1 unspecified atom stereocenters. The van der Waals surface area contributed by atoms with Crippen molar-refractivity contribution in [2.75, 3.05) is 0 Å². The van der Waals surface area contributed by atoms with Crippen molar-refractivity contribution < 1.29 is 25.5 Å². The lowest BCUT2D eigenvalue weighted by Gasteiger charge is -2.62. The van der Waals surface area contributed by atoms with Crippen molar-refractivity contribution in [3.05, 3.63) is 0 Å². The van der Waals surface area contributed by atoms with Crippen molar-refractivity contribution in [3.8, 4) is 0 Å². The summed E-state index contributed by atoms with van der Waals surface area (Å²) in [6.07, 6.45) is 9.31. The van der Waals surface area contributed by atoms with E-state index in [1.54, 1.807) is 0 Å². The largest absolute Gasteiger partial charge is 0.393 e. The molecule has 4 aliphatic carbocycles. The van der Waals surface area contributed by atoms with Gasteiger partial charge in [-0.25, -0.2) is 0 Å². The molecule has 4 fully saturated rings. The predicted molar refractivity (Wildman–Crippen MR) is 124 cm³/mol. The first-order valence-corrected chi connectivity index (χ1v) is 13.4. The van der Waals surface area contributed by atoms with Gasteiger partial charge in [0.2, 0.25) is 11.6 Å². The molecular weight excluding hydrogens is 404 g/mol. The number of rotatable bonds is 5. The van der Waals surface area contributed by atoms with Gasteiger partial charge in [0, 0.05) is 11.8 Å². The third-order valence-corrected chi connectivity index (χ3v) is 11.0. The number of fused-ring (bicyclic) bond motifs is 5. The fourth-order valence-electron chi connectivity index (χ4n) is 9.56. The van der Waals surface area contributed by atoms with Gasteiger partial charge in [-0.3, -0.25) is 0 Å². The molecule has 0 aliphatic heterocycles. The zero-order valence-corrected chi connectivity index (χ0v) is 20.9. The lowest BCUT2D eigenvalue weighted by Crippen LogP contribution is -2.63. The fourth-order valence-corrected chi connectivity index (χ4v) is 9.56. The van der Waals surface area contributed by atoms with Gasteiger partial charge < -0.3 is 25.5 Å². The van der Waals surface area contributed by atoms with Crippen LogP contribution >= 0.6 is 0 Å². The van der Waals surface area contributed by atoms with Crippen LogP contribution in [-0.2, 0) is 0 Å². The van der Waals surface area contributed by atoms with Crippen LogP contribution in [0.25, 0.3) is 0 Å². The van der Waals surface area contributed by atoms with Crippen LogP contribution in [0.1, 0.15) is 98.8 Å². The van der Waals surface area contributed by atoms with Crippen LogP contribution < -0.4 is 0 Å². The van der Waals surface area contributed by atoms with E-state index in [2.05, 4.69) is 20.8 Å². The average Bonchev–Trinajstić information content (AvgIpc) is 2.80. The summed E-state index contributed by atoms with van der Waals surface area (Å²) in [7, 11) is 0. The molecule has 0 saturated heterocycles. The zero-order valence-electron chi connectivity index (χ0n) is 20.9. The lowest BCUT2D eigenvalue weighted by atomic mass is 9.43. The Morgan fingerprint density at radius 2 is 1.53 bits per heavy atom. The highest BCUT2D eigenvalue weighted by atomic mass is 16.6. The summed E-state index contributed by atoms with van der Waals surface area (Å²) < 4.78 is 0. The van der Waals surface area contributed by atoms with Gasteiger partial charge in [0.05, 0.1) is 6.10 Å². The van der Waals surface area contributed by atoms with Crippen LogP contribution in [0.3, 0.4) is 0 Å². The number of aliphatic hydroxyl groups excluding tert-OH is 1. The first-order valence-electron chi connectivity index (χ1n) is 13.4. The second-order valence-corrected chi connectivity index (χ2v) is 13.2. The summed E-state index contributed by atoms with van der Waals surface area (Å²) in [6, 6.07) is 0. The Morgan fingerprint density at radius 3 is 2.19 bits per heavy atom. The Kier molecular flexibility index (Phi) is 6.37. The van der Waals surface area contributed by atoms with E-state index in [0.717, 1.165) is 44.9 Å². The smallest absolute Gasteiger partial charge is 0.222 e. The van der Waals surface area contributed by atoms with Crippen molar-refractivity contribution >= 4 is 0 Å². The van der Waals surface area contributed by atoms with Crippen molar-refractivity contribution in [1.29, 1.82) is 0 Å². The van der Waals surface area contributed by atoms with E-state index in [-0.39, 0.29) is 23.2 Å². The second kappa shape index (κ2) is 8.19. The van der Waals surface area contributed by atoms with Crippen molar-refractivity contribution in [2.45, 2.75) is 117 Å². The SMILES string of the molecule is CC(C)CCC[C@@H](C)[C@H]1C(O)(O)C(O)(O)[C@H]2[C@@H]3C(O)C[C@@H]4CCCC[C@]4(C)[C@H]3CC[C@@]21C. The molecule has 5 nitrogen and oxygen atoms in total. The molecule has 0 spiro atoms. The molecule has 4 rings (SSSR count). The summed E-state index contributed by atoms with van der Waals surface area (Å²) in [4.78, 5) is 0. The normalized spacial score (nSPS) is 48.1. The van der Waals surface area contributed by atoms with Crippen molar-refractivity contribution in [1.82, 2.24) is 0 Å². The Labute approximate surface area is 194 Å². The first-order chi connectivity index (χ1) is 14.8. The number of hydrogen-bond acceptors (Lipinski definition) is 5. The quantitative estimate of drug-likeness (QED) is 0.405. The van der Waals surface area contributed by atoms with E-state index in [1.807, 2.05) is 13.8 Å². The maximum atomic E-state index is 11.4. The molecule has 0 aromatic carbocycles. The van der Waals surface area contributed by atoms with E-state index in [0.29, 0.717) is 18.3 Å². The molecule has 32 heavy (non-hydrogen) atoms. The molecule has 0 heterocycles. The summed E-state index contributed by atoms with van der Waals surface area (Å²) in [5, 5.41) is 56.8. The standard InChI is InChI=1S/C27H48O5/c1-16(2)9-8-10-17(3)22-25(5)14-12-19-21(23(25)27(31,32)26(22,29)30)20(28)15-18-11-6-7-13-24(18,19)4/h16-23,28-32H,6-15H2,1-5H3/t17-,18+,19+,20?,21+,22-,23+,24+,25-/m1/s1. The van der Waals surface area contributed by atoms with E-state index in [9.17, 15) is 25.5 Å². The van der Waals surface area contributed by atoms with Crippen LogP contribution in [0, 0.1) is 52.3 Å². The monoisotopic (exact) mass is 452 g/mol. The average molecular weight is 453 g/mol. The van der Waals surface area contributed by atoms with Gasteiger partial charge in [-0.05, 0) is 72.5 Å². The summed E-state index contributed by atoms with van der Waals surface area (Å²) in [6.45, 7) is 10.8. The maximum absolute atomic E-state index is 11.4. The topological polar surface area (TPSA) is 101 Å². The molecule has 186 valence electrons. The molecule has 0 bridgehead atoms. The minimum atomic E-state index is -2.62. The summed E-state index contributed by atoms with van der Waals surface area (Å²) >= 11 is 0. The highest BCUT2D eigenvalue weighted by Crippen LogP contribution is 2.71. The Balaban J connectivity index is 1.70. The minimum Gasteiger partial charge on any atom is -0.393 e. The second-order valence-electron chi connectivity index (χ2n) is 13.2. The predicted octanol–water partition coefficient (Wildman–Crippen LogP) is 4.05. The lowest BCUT2D eigenvalue weighted by molar-refractivity contribution is -0.377. The zero-order chi connectivity index (χ0) is 23.7. The summed E-state index contributed by atoms with van der Waals surface area (Å²) in [5.74, 6) is -5.67. The van der Waals surface area contributed by atoms with Gasteiger partial charge in [0.15, 0.2) is 0 Å². The van der Waals surface area contributed by atoms with Crippen LogP contribution in [0.4, 0.5) is 0 Å². The summed E-state index contributed by atoms with van der Waals surface area (Å²) in [5.41, 5.74) is -0.543. The molecule has 5 heteroatoms. The third-order valence-electron chi connectivity index (χ3n) is 11.0. The fraction of sp³-hybridized carbons (Fsp3) is 1.00. The van der Waals surface area contributed by atoms with E-state index >= 15 is 0 Å². The van der Waals surface area contributed by atoms with Crippen LogP contribution in [0.2, 0.25) is 0 Å². The molecule has 0 radical (unpaired) electrons. The van der Waals surface area contributed by atoms with Gasteiger partial charge in [-0.15, -0.1) is 0 Å². The van der Waals surface area contributed by atoms with Crippen LogP contribution in [0.15, 0.2) is 0 Å². The molecule has 0 amide bonds. The first kappa shape index (κ1) is 24.9. The minimum absolute atomic E-state index is 0.0484. The van der Waals surface area contributed by atoms with Crippen LogP contribution in [0.5, 0.6) is 0 Å². The van der Waals surface area contributed by atoms with Gasteiger partial charge in [0.1, 0.15) is 0 Å². The molecular formula is C27H48O5. The van der Waals surface area contributed by atoms with E-state index in [4.69, 9.17) is 0 Å². The van der Waals surface area contributed by atoms with Gasteiger partial charge in [-0.2, -0.15) is 0 Å². The highest BCUT2D eigenvalue weighted by Gasteiger charge is 2.78. The highest BCUT2D eigenvalue weighted by molar-refractivity contribution is 5.20.